The topological polar surface area (TPSA) is 63.7 Å². The van der Waals surface area contributed by atoms with Crippen molar-refractivity contribution in [1.29, 1.82) is 0 Å². The van der Waals surface area contributed by atoms with Crippen LogP contribution in [0.5, 0.6) is 11.5 Å². The molecular weight excluding hydrogens is 332 g/mol. The first kappa shape index (κ1) is 16.9. The van der Waals surface area contributed by atoms with Crippen molar-refractivity contribution in [3.8, 4) is 11.5 Å². The van der Waals surface area contributed by atoms with E-state index in [1.165, 1.54) is 12.1 Å². The van der Waals surface area contributed by atoms with E-state index in [4.69, 9.17) is 4.74 Å². The number of nitrogens with zero attached hydrogens (tertiary/aromatic N) is 2. The molecule has 2 aromatic rings. The van der Waals surface area contributed by atoms with Crippen LogP contribution in [0.15, 0.2) is 36.5 Å². The number of fused-ring (bicyclic) bond motifs is 1. The highest BCUT2D eigenvalue weighted by molar-refractivity contribution is 5.88. The minimum atomic E-state index is -2.91. The van der Waals surface area contributed by atoms with Crippen LogP contribution in [-0.2, 0) is 6.54 Å². The van der Waals surface area contributed by atoms with Gasteiger partial charge in [-0.2, -0.15) is 8.78 Å². The molecule has 0 bridgehead atoms. The van der Waals surface area contributed by atoms with Gasteiger partial charge < -0.3 is 14.4 Å². The highest BCUT2D eigenvalue weighted by atomic mass is 19.3. The summed E-state index contributed by atoms with van der Waals surface area (Å²) in [6.07, 6.45) is 1.13. The maximum atomic E-state index is 12.4. The molecule has 2 heterocycles. The Morgan fingerprint density at radius 1 is 1.36 bits per heavy atom. The minimum absolute atomic E-state index is 0.0689. The molecule has 0 fully saturated rings. The molecule has 25 heavy (non-hydrogen) atoms. The highest BCUT2D eigenvalue weighted by Crippen LogP contribution is 2.24. The number of ether oxygens (including phenoxy) is 2. The molecule has 1 aliphatic heterocycles. The van der Waals surface area contributed by atoms with E-state index in [0.29, 0.717) is 19.7 Å². The molecule has 1 aromatic carbocycles. The molecule has 0 radical (unpaired) electrons. The van der Waals surface area contributed by atoms with Crippen LogP contribution in [0.4, 0.5) is 19.4 Å². The number of hydrogen-bond acceptors (Lipinski definition) is 4. The number of aromatic nitrogens is 1. The monoisotopic (exact) mass is 349 g/mol. The molecule has 0 atom stereocenters. The van der Waals surface area contributed by atoms with Gasteiger partial charge in [-0.3, -0.25) is 5.32 Å². The van der Waals surface area contributed by atoms with E-state index in [0.717, 1.165) is 23.1 Å². The van der Waals surface area contributed by atoms with Crippen LogP contribution in [0.2, 0.25) is 0 Å². The Kier molecular flexibility index (Phi) is 4.97. The molecule has 0 saturated heterocycles. The maximum Gasteiger partial charge on any atom is 0.387 e. The minimum Gasteiger partial charge on any atom is -0.491 e. The molecular formula is C17H17F2N3O3. The number of aryl methyl sites for hydroxylation is 1. The van der Waals surface area contributed by atoms with Gasteiger partial charge in [0, 0.05) is 5.56 Å². The summed E-state index contributed by atoms with van der Waals surface area (Å²) < 4.78 is 34.1. The lowest BCUT2D eigenvalue weighted by Gasteiger charge is -2.20. The predicted octanol–water partition coefficient (Wildman–Crippen LogP) is 3.42. The Morgan fingerprint density at radius 2 is 2.20 bits per heavy atom. The van der Waals surface area contributed by atoms with Gasteiger partial charge in [-0.25, -0.2) is 9.78 Å². The van der Waals surface area contributed by atoms with Gasteiger partial charge in [0.1, 0.15) is 23.9 Å². The number of anilines is 1. The largest absolute Gasteiger partial charge is 0.491 e. The Balaban J connectivity index is 1.66. The normalized spacial score (nSPS) is 13.7. The Morgan fingerprint density at radius 3 is 2.92 bits per heavy atom. The van der Waals surface area contributed by atoms with E-state index in [1.54, 1.807) is 4.90 Å². The Hall–Kier alpha value is -2.90. The molecule has 6 nitrogen and oxygen atoms in total. The van der Waals surface area contributed by atoms with Crippen molar-refractivity contribution in [2.45, 2.75) is 20.1 Å². The SMILES string of the molecule is Cc1ccc2c(c1)CN(C(=O)Nc1ccc(OC(F)F)cn1)CCO2. The first-order valence-corrected chi connectivity index (χ1v) is 7.70. The smallest absolute Gasteiger partial charge is 0.387 e. The van der Waals surface area contributed by atoms with E-state index < -0.39 is 6.61 Å². The average Bonchev–Trinajstić information content (AvgIpc) is 2.78. The molecule has 3 rings (SSSR count). The van der Waals surface area contributed by atoms with Gasteiger partial charge in [-0.15, -0.1) is 0 Å². The molecule has 0 unspecified atom stereocenters. The van der Waals surface area contributed by atoms with Gasteiger partial charge in [0.25, 0.3) is 0 Å². The Labute approximate surface area is 143 Å². The van der Waals surface area contributed by atoms with Crippen LogP contribution in [0.25, 0.3) is 0 Å². The van der Waals surface area contributed by atoms with Crippen LogP contribution >= 0.6 is 0 Å². The summed E-state index contributed by atoms with van der Waals surface area (Å²) in [6.45, 7) is 0.283. The molecule has 0 aliphatic carbocycles. The quantitative estimate of drug-likeness (QED) is 0.922. The zero-order chi connectivity index (χ0) is 17.8. The second-order valence-corrected chi connectivity index (χ2v) is 5.57. The zero-order valence-corrected chi connectivity index (χ0v) is 13.5. The third-order valence-electron chi connectivity index (χ3n) is 3.68. The first-order valence-electron chi connectivity index (χ1n) is 7.70. The number of nitrogens with one attached hydrogen (secondary N) is 1. The van der Waals surface area contributed by atoms with Crippen molar-refractivity contribution in [2.24, 2.45) is 0 Å². The van der Waals surface area contributed by atoms with Crippen LogP contribution in [0.3, 0.4) is 0 Å². The number of carbonyl (C=O) groups is 1. The summed E-state index contributed by atoms with van der Waals surface area (Å²) in [5.41, 5.74) is 2.02. The van der Waals surface area contributed by atoms with Crippen molar-refractivity contribution < 1.29 is 23.0 Å². The fraction of sp³-hybridized carbons (Fsp3) is 0.294. The van der Waals surface area contributed by atoms with Gasteiger partial charge in [0.2, 0.25) is 0 Å². The number of urea groups is 1. The van der Waals surface area contributed by atoms with Gasteiger partial charge in [-0.05, 0) is 25.1 Å². The zero-order valence-electron chi connectivity index (χ0n) is 13.5. The summed E-state index contributed by atoms with van der Waals surface area (Å²) in [7, 11) is 0. The van der Waals surface area contributed by atoms with E-state index in [-0.39, 0.29) is 17.6 Å². The fourth-order valence-corrected chi connectivity index (χ4v) is 2.51. The second kappa shape index (κ2) is 7.33. The van der Waals surface area contributed by atoms with Gasteiger partial charge in [-0.1, -0.05) is 17.7 Å². The van der Waals surface area contributed by atoms with E-state index in [9.17, 15) is 13.6 Å². The lowest BCUT2D eigenvalue weighted by atomic mass is 10.1. The van der Waals surface area contributed by atoms with Crippen LogP contribution < -0.4 is 14.8 Å². The lowest BCUT2D eigenvalue weighted by molar-refractivity contribution is -0.0500. The summed E-state index contributed by atoms with van der Waals surface area (Å²) >= 11 is 0. The highest BCUT2D eigenvalue weighted by Gasteiger charge is 2.20. The fourth-order valence-electron chi connectivity index (χ4n) is 2.51. The predicted molar refractivity (Wildman–Crippen MR) is 87.0 cm³/mol. The van der Waals surface area contributed by atoms with Crippen LogP contribution in [0, 0.1) is 6.92 Å². The van der Waals surface area contributed by atoms with Gasteiger partial charge >= 0.3 is 12.6 Å². The van der Waals surface area contributed by atoms with Gasteiger partial charge in [0.05, 0.1) is 19.3 Å². The maximum absolute atomic E-state index is 12.4. The molecule has 0 saturated carbocycles. The van der Waals surface area contributed by atoms with E-state index in [2.05, 4.69) is 15.0 Å². The molecule has 1 aliphatic rings. The number of hydrogen-bond donors (Lipinski definition) is 1. The number of pyridine rings is 1. The van der Waals surface area contributed by atoms with Gasteiger partial charge in [0.15, 0.2) is 0 Å². The summed E-state index contributed by atoms with van der Waals surface area (Å²) in [4.78, 5) is 18.0. The average molecular weight is 349 g/mol. The molecule has 2 amide bonds. The number of rotatable bonds is 3. The molecule has 1 N–H and O–H groups in total. The number of carbonyl (C=O) groups excluding carboxylic acids is 1. The number of halogens is 2. The van der Waals surface area contributed by atoms with E-state index in [1.807, 2.05) is 25.1 Å². The van der Waals surface area contributed by atoms with Crippen molar-refractivity contribution in [2.75, 3.05) is 18.5 Å². The summed E-state index contributed by atoms with van der Waals surface area (Å²) in [5, 5.41) is 2.64. The van der Waals surface area contributed by atoms with Crippen molar-refractivity contribution in [1.82, 2.24) is 9.88 Å². The molecule has 1 aromatic heterocycles. The van der Waals surface area contributed by atoms with Crippen LogP contribution in [-0.4, -0.2) is 35.7 Å². The second-order valence-electron chi connectivity index (χ2n) is 5.57. The lowest BCUT2D eigenvalue weighted by Crippen LogP contribution is -2.36. The van der Waals surface area contributed by atoms with Crippen molar-refractivity contribution in [3.63, 3.8) is 0 Å². The first-order chi connectivity index (χ1) is 12.0. The molecule has 0 spiro atoms. The third kappa shape index (κ3) is 4.34. The summed E-state index contributed by atoms with van der Waals surface area (Å²) in [5.74, 6) is 0.953. The van der Waals surface area contributed by atoms with E-state index >= 15 is 0 Å². The third-order valence-corrected chi connectivity index (χ3v) is 3.68. The summed E-state index contributed by atoms with van der Waals surface area (Å²) in [6, 6.07) is 8.22. The number of alkyl halides is 2. The Bertz CT molecular complexity index is 753. The van der Waals surface area contributed by atoms with Crippen LogP contribution in [0.1, 0.15) is 11.1 Å². The standard InChI is InChI=1S/C17H17F2N3O3/c1-11-2-4-14-12(8-11)10-22(6-7-24-14)17(23)21-15-5-3-13(9-20-15)25-16(18)19/h2-5,8-9,16H,6-7,10H2,1H3,(H,20,21,23). The molecule has 132 valence electrons. The van der Waals surface area contributed by atoms with Crippen molar-refractivity contribution in [3.05, 3.63) is 47.7 Å². The number of amides is 2. The molecule has 8 heteroatoms. The number of benzene rings is 1. The van der Waals surface area contributed by atoms with Crippen molar-refractivity contribution >= 4 is 11.8 Å².